The number of ether oxygens (including phenoxy) is 5. The molecule has 0 saturated carbocycles. The molecule has 15 heteroatoms. The lowest BCUT2D eigenvalue weighted by Gasteiger charge is -2.50. The lowest BCUT2D eigenvalue weighted by molar-refractivity contribution is -0.373. The zero-order valence-electron chi connectivity index (χ0n) is 19.5. The first-order valence-electron chi connectivity index (χ1n) is 11.1. The van der Waals surface area contributed by atoms with E-state index in [-0.39, 0.29) is 25.4 Å². The molecule has 35 heavy (non-hydrogen) atoms. The van der Waals surface area contributed by atoms with Crippen LogP contribution in [0.4, 0.5) is 0 Å². The Morgan fingerprint density at radius 3 is 2.40 bits per heavy atom. The number of hydrogen-bond donors (Lipinski definition) is 7. The molecule has 2 fully saturated rings. The molecule has 2 aliphatic rings. The monoisotopic (exact) mass is 529 g/mol. The summed E-state index contributed by atoms with van der Waals surface area (Å²) in [5.41, 5.74) is -2.48. The third-order valence-corrected chi connectivity index (χ3v) is 6.49. The van der Waals surface area contributed by atoms with Gasteiger partial charge in [0, 0.05) is 24.9 Å². The maximum absolute atomic E-state index is 11.8. The van der Waals surface area contributed by atoms with Crippen molar-refractivity contribution >= 4 is 23.6 Å². The van der Waals surface area contributed by atoms with Crippen molar-refractivity contribution < 1.29 is 63.9 Å². The second kappa shape index (κ2) is 14.0. The van der Waals surface area contributed by atoms with E-state index in [1.54, 1.807) is 0 Å². The molecule has 14 nitrogen and oxygen atoms in total. The van der Waals surface area contributed by atoms with Gasteiger partial charge in [-0.15, -0.1) is 0 Å². The molecule has 0 aromatic carbocycles. The van der Waals surface area contributed by atoms with Crippen LogP contribution in [0.3, 0.4) is 0 Å². The van der Waals surface area contributed by atoms with E-state index in [4.69, 9.17) is 18.9 Å². The van der Waals surface area contributed by atoms with Gasteiger partial charge in [-0.1, -0.05) is 0 Å². The summed E-state index contributed by atoms with van der Waals surface area (Å²) < 4.78 is 26.8. The Kier molecular flexibility index (Phi) is 12.0. The van der Waals surface area contributed by atoms with Gasteiger partial charge in [0.2, 0.25) is 17.9 Å². The summed E-state index contributed by atoms with van der Waals surface area (Å²) in [7, 11) is 1.29. The molecule has 0 spiro atoms. The maximum atomic E-state index is 11.8. The van der Waals surface area contributed by atoms with E-state index in [1.165, 1.54) is 18.9 Å². The molecule has 2 saturated heterocycles. The summed E-state index contributed by atoms with van der Waals surface area (Å²) in [5.74, 6) is -0.231. The Bertz CT molecular complexity index is 687. The number of thioether (sulfide) groups is 1. The van der Waals surface area contributed by atoms with Crippen molar-refractivity contribution in [2.24, 2.45) is 0 Å². The van der Waals surface area contributed by atoms with Crippen molar-refractivity contribution in [3.63, 3.8) is 0 Å². The fourth-order valence-corrected chi connectivity index (χ4v) is 4.46. The second-order valence-corrected chi connectivity index (χ2v) is 9.36. The number of hydrogen-bond acceptors (Lipinski definition) is 14. The summed E-state index contributed by atoms with van der Waals surface area (Å²) in [4.78, 5) is 22.9. The number of carbonyl (C=O) groups is 2. The Morgan fingerprint density at radius 2 is 1.80 bits per heavy atom. The highest BCUT2D eigenvalue weighted by atomic mass is 32.2. The largest absolute Gasteiger partial charge is 0.469 e. The summed E-state index contributed by atoms with van der Waals surface area (Å²) in [5, 5.41) is 63.4. The van der Waals surface area contributed by atoms with Crippen molar-refractivity contribution in [1.82, 2.24) is 5.32 Å². The van der Waals surface area contributed by atoms with Crippen molar-refractivity contribution in [2.75, 3.05) is 38.4 Å². The average Bonchev–Trinajstić information content (AvgIpc) is 2.81. The predicted molar refractivity (Wildman–Crippen MR) is 118 cm³/mol. The van der Waals surface area contributed by atoms with Gasteiger partial charge < -0.3 is 59.6 Å². The van der Waals surface area contributed by atoms with Crippen molar-refractivity contribution in [3.05, 3.63) is 0 Å². The van der Waals surface area contributed by atoms with Gasteiger partial charge in [0.15, 0.2) is 6.29 Å². The van der Waals surface area contributed by atoms with Crippen LogP contribution in [0.25, 0.3) is 0 Å². The molecular formula is C20H35NO13S. The number of rotatable bonds is 12. The first kappa shape index (κ1) is 30.1. The minimum atomic E-state index is -2.48. The molecule has 1 amide bonds. The van der Waals surface area contributed by atoms with Crippen LogP contribution in [-0.4, -0.2) is 136 Å². The normalized spacial score (nSPS) is 37.6. The molecular weight excluding hydrogens is 494 g/mol. The molecule has 0 aliphatic carbocycles. The van der Waals surface area contributed by atoms with E-state index in [2.05, 4.69) is 10.1 Å². The fourth-order valence-electron chi connectivity index (χ4n) is 3.73. The molecule has 204 valence electrons. The lowest BCUT2D eigenvalue weighted by atomic mass is 9.92. The van der Waals surface area contributed by atoms with Gasteiger partial charge in [-0.05, 0) is 0 Å². The van der Waals surface area contributed by atoms with Crippen LogP contribution >= 0.6 is 11.8 Å². The van der Waals surface area contributed by atoms with Crippen molar-refractivity contribution in [3.8, 4) is 0 Å². The van der Waals surface area contributed by atoms with Gasteiger partial charge in [0.25, 0.3) is 0 Å². The highest BCUT2D eigenvalue weighted by Gasteiger charge is 2.58. The number of aliphatic hydroxyl groups excluding tert-OH is 5. The van der Waals surface area contributed by atoms with Crippen LogP contribution in [0.5, 0.6) is 0 Å². The van der Waals surface area contributed by atoms with E-state index in [0.29, 0.717) is 11.5 Å². The molecule has 0 bridgehead atoms. The molecule has 0 aromatic rings. The van der Waals surface area contributed by atoms with E-state index < -0.39 is 74.0 Å². The zero-order chi connectivity index (χ0) is 26.2. The predicted octanol–water partition coefficient (Wildman–Crippen LogP) is -3.58. The number of carbonyl (C=O) groups excluding carboxylic acids is 2. The van der Waals surface area contributed by atoms with Crippen LogP contribution in [-0.2, 0) is 33.3 Å². The SMILES string of the molecule is COC(=O)CCSCCO[C@@H]1O[C@H](CO)[C@@H](O[C@H]2C[C@@H](O)[C@@H](O)[C@@H](CO)O2)[C@H](O)[C@]1(O)NC(C)=O. The highest BCUT2D eigenvalue weighted by Crippen LogP contribution is 2.33. The quantitative estimate of drug-likeness (QED) is 0.0740. The molecule has 0 radical (unpaired) electrons. The Labute approximate surface area is 206 Å². The molecule has 0 unspecified atom stereocenters. The second-order valence-electron chi connectivity index (χ2n) is 8.13. The molecule has 0 aromatic heterocycles. The maximum Gasteiger partial charge on any atom is 0.306 e. The molecule has 2 aliphatic heterocycles. The molecule has 7 N–H and O–H groups in total. The van der Waals surface area contributed by atoms with Crippen molar-refractivity contribution in [1.29, 1.82) is 0 Å². The van der Waals surface area contributed by atoms with Crippen LogP contribution in [0.1, 0.15) is 19.8 Å². The fraction of sp³-hybridized carbons (Fsp3) is 0.900. The smallest absolute Gasteiger partial charge is 0.306 e. The van der Waals surface area contributed by atoms with Gasteiger partial charge in [0.1, 0.15) is 30.5 Å². The topological polar surface area (TPSA) is 214 Å². The zero-order valence-corrected chi connectivity index (χ0v) is 20.3. The summed E-state index contributed by atoms with van der Waals surface area (Å²) >= 11 is 1.37. The summed E-state index contributed by atoms with van der Waals surface area (Å²) in [6.45, 7) is -0.184. The summed E-state index contributed by atoms with van der Waals surface area (Å²) in [6, 6.07) is 0. The molecule has 2 rings (SSSR count). The number of esters is 1. The first-order chi connectivity index (χ1) is 16.6. The minimum absolute atomic E-state index is 0.00277. The Hall–Kier alpha value is -1.11. The Balaban J connectivity index is 2.07. The van der Waals surface area contributed by atoms with E-state index in [9.17, 15) is 40.2 Å². The third kappa shape index (κ3) is 7.93. The average molecular weight is 530 g/mol. The lowest BCUT2D eigenvalue weighted by Crippen LogP contribution is -2.74. The number of methoxy groups -OCH3 is 1. The van der Waals surface area contributed by atoms with E-state index in [1.807, 2.05) is 0 Å². The highest BCUT2D eigenvalue weighted by molar-refractivity contribution is 7.99. The van der Waals surface area contributed by atoms with E-state index in [0.717, 1.165) is 6.92 Å². The van der Waals surface area contributed by atoms with Gasteiger partial charge in [-0.25, -0.2) is 0 Å². The molecule has 2 heterocycles. The number of amides is 1. The van der Waals surface area contributed by atoms with Gasteiger partial charge >= 0.3 is 5.97 Å². The van der Waals surface area contributed by atoms with Crippen molar-refractivity contribution in [2.45, 2.75) is 74.7 Å². The van der Waals surface area contributed by atoms with Crippen LogP contribution in [0.15, 0.2) is 0 Å². The first-order valence-corrected chi connectivity index (χ1v) is 12.2. The number of nitrogens with one attached hydrogen (secondary N) is 1. The summed E-state index contributed by atoms with van der Waals surface area (Å²) in [6.07, 6.45) is -11.3. The number of aliphatic hydroxyl groups is 6. The third-order valence-electron chi connectivity index (χ3n) is 5.54. The van der Waals surface area contributed by atoms with Gasteiger partial charge in [-0.3, -0.25) is 9.59 Å². The Morgan fingerprint density at radius 1 is 1.11 bits per heavy atom. The molecule has 9 atom stereocenters. The van der Waals surface area contributed by atoms with E-state index >= 15 is 0 Å². The van der Waals surface area contributed by atoms with Gasteiger partial charge in [0.05, 0.1) is 39.5 Å². The van der Waals surface area contributed by atoms with Gasteiger partial charge in [-0.2, -0.15) is 11.8 Å². The van der Waals surface area contributed by atoms with Crippen LogP contribution in [0.2, 0.25) is 0 Å². The minimum Gasteiger partial charge on any atom is -0.469 e. The van der Waals surface area contributed by atoms with Crippen LogP contribution < -0.4 is 5.32 Å². The standard InChI is InChI=1S/C20H35NO13S/c1-10(24)21-20(29)18(28)17(34-15-7-11(25)16(27)12(8-22)32-15)13(9-23)33-19(20)31-4-6-35-5-3-14(26)30-2/h11-13,15-19,22-23,25,27-29H,3-9H2,1-2H3,(H,21,24)/t11-,12-,13-,15+,16-,17-,18+,19-,20-/m1/s1. The van der Waals surface area contributed by atoms with Crippen LogP contribution in [0, 0.1) is 0 Å².